The number of hydrogen-bond donors (Lipinski definition) is 1. The van der Waals surface area contributed by atoms with E-state index < -0.39 is 11.6 Å². The van der Waals surface area contributed by atoms with Crippen molar-refractivity contribution in [2.75, 3.05) is 0 Å². The minimum atomic E-state index is -1.12. The molecule has 0 radical (unpaired) electrons. The van der Waals surface area contributed by atoms with E-state index in [1.807, 2.05) is 18.2 Å². The molecular weight excluding hydrogens is 338 g/mol. The summed E-state index contributed by atoms with van der Waals surface area (Å²) in [6, 6.07) is 7.56. The van der Waals surface area contributed by atoms with Crippen LogP contribution >= 0.6 is 0 Å². The van der Waals surface area contributed by atoms with Gasteiger partial charge in [-0.15, -0.1) is 0 Å². The van der Waals surface area contributed by atoms with Crippen molar-refractivity contribution in [2.45, 2.75) is 70.4 Å². The van der Waals surface area contributed by atoms with Crippen molar-refractivity contribution in [3.63, 3.8) is 0 Å². The van der Waals surface area contributed by atoms with Gasteiger partial charge in [0.15, 0.2) is 5.60 Å². The van der Waals surface area contributed by atoms with Crippen molar-refractivity contribution >= 4 is 11.9 Å². The number of carbonyl (C=O) groups is 2. The van der Waals surface area contributed by atoms with Crippen LogP contribution in [-0.4, -0.2) is 23.5 Å². The van der Waals surface area contributed by atoms with Crippen LogP contribution in [0.25, 0.3) is 0 Å². The Hall–Kier alpha value is -1.84. The van der Waals surface area contributed by atoms with Crippen LogP contribution in [-0.2, 0) is 16.0 Å². The van der Waals surface area contributed by atoms with Gasteiger partial charge in [-0.3, -0.25) is 4.79 Å². The zero-order valence-electron chi connectivity index (χ0n) is 16.3. The first-order valence-electron chi connectivity index (χ1n) is 10.5. The second kappa shape index (κ2) is 5.83. The van der Waals surface area contributed by atoms with Gasteiger partial charge >= 0.3 is 5.97 Å². The third kappa shape index (κ3) is 2.71. The van der Waals surface area contributed by atoms with E-state index in [9.17, 15) is 9.59 Å². The van der Waals surface area contributed by atoms with Crippen LogP contribution in [0.5, 0.6) is 0 Å². The lowest BCUT2D eigenvalue weighted by atomic mass is 9.48. The van der Waals surface area contributed by atoms with Crippen LogP contribution in [0.1, 0.15) is 68.3 Å². The van der Waals surface area contributed by atoms with Crippen molar-refractivity contribution in [3.8, 4) is 0 Å². The topological polar surface area (TPSA) is 55.4 Å². The maximum Gasteiger partial charge on any atom is 0.339 e. The fourth-order valence-corrected chi connectivity index (χ4v) is 6.87. The Labute approximate surface area is 161 Å². The molecule has 4 bridgehead atoms. The molecule has 4 nitrogen and oxygen atoms in total. The second-order valence-electron chi connectivity index (χ2n) is 9.93. The van der Waals surface area contributed by atoms with Crippen LogP contribution in [0, 0.1) is 23.2 Å². The average molecular weight is 367 g/mol. The molecule has 27 heavy (non-hydrogen) atoms. The molecule has 4 aliphatic carbocycles. The Kier molecular flexibility index (Phi) is 3.73. The monoisotopic (exact) mass is 367 g/mol. The van der Waals surface area contributed by atoms with E-state index in [0.717, 1.165) is 23.3 Å². The van der Waals surface area contributed by atoms with Crippen molar-refractivity contribution in [1.29, 1.82) is 0 Å². The highest BCUT2D eigenvalue weighted by molar-refractivity contribution is 5.97. The van der Waals surface area contributed by atoms with Crippen molar-refractivity contribution in [2.24, 2.45) is 23.2 Å². The lowest BCUT2D eigenvalue weighted by Crippen LogP contribution is -2.60. The fourth-order valence-electron chi connectivity index (χ4n) is 6.87. The van der Waals surface area contributed by atoms with Crippen molar-refractivity contribution in [3.05, 3.63) is 35.4 Å². The molecule has 5 aliphatic rings. The minimum absolute atomic E-state index is 0.131. The zero-order chi connectivity index (χ0) is 18.8. The number of amides is 1. The first kappa shape index (κ1) is 17.3. The number of fused-ring (bicyclic) bond motifs is 1. The molecule has 0 unspecified atom stereocenters. The average Bonchev–Trinajstić information content (AvgIpc) is 2.60. The predicted molar refractivity (Wildman–Crippen MR) is 102 cm³/mol. The lowest BCUT2D eigenvalue weighted by molar-refractivity contribution is -0.144. The molecule has 0 aromatic heterocycles. The summed E-state index contributed by atoms with van der Waals surface area (Å²) in [7, 11) is 0. The summed E-state index contributed by atoms with van der Waals surface area (Å²) in [6.07, 6.45) is 8.37. The van der Waals surface area contributed by atoms with E-state index in [1.54, 1.807) is 13.0 Å². The maximum atomic E-state index is 13.2. The highest BCUT2D eigenvalue weighted by Crippen LogP contribution is 2.61. The molecule has 1 amide bonds. The molecule has 4 heteroatoms. The third-order valence-electron chi connectivity index (χ3n) is 7.92. The van der Waals surface area contributed by atoms with Crippen LogP contribution < -0.4 is 5.32 Å². The van der Waals surface area contributed by atoms with E-state index in [4.69, 9.17) is 4.74 Å². The summed E-state index contributed by atoms with van der Waals surface area (Å²) in [5.41, 5.74) is 0.602. The Morgan fingerprint density at radius 1 is 1.11 bits per heavy atom. The first-order chi connectivity index (χ1) is 12.9. The standard InChI is InChI=1S/C23H29NO3/c1-14(23-10-15-7-16(11-23)9-17(8-15)12-23)24-21(26)22(2)13-18-5-3-4-6-19(18)20(25)27-22/h3-6,14-17H,7-13H2,1-2H3,(H,24,26)/t14-,15?,16?,17?,22-,23?/m0/s1. The largest absolute Gasteiger partial charge is 0.445 e. The quantitative estimate of drug-likeness (QED) is 0.825. The molecule has 6 rings (SSSR count). The summed E-state index contributed by atoms with van der Waals surface area (Å²) in [5.74, 6) is 2.02. The van der Waals surface area contributed by atoms with E-state index in [2.05, 4.69) is 12.2 Å². The second-order valence-corrected chi connectivity index (χ2v) is 9.93. The molecule has 1 aliphatic heterocycles. The van der Waals surface area contributed by atoms with Crippen LogP contribution in [0.2, 0.25) is 0 Å². The maximum absolute atomic E-state index is 13.2. The Morgan fingerprint density at radius 3 is 2.33 bits per heavy atom. The highest BCUT2D eigenvalue weighted by Gasteiger charge is 2.54. The summed E-state index contributed by atoms with van der Waals surface area (Å²) in [5, 5.41) is 3.28. The third-order valence-corrected chi connectivity index (χ3v) is 7.92. The van der Waals surface area contributed by atoms with Gasteiger partial charge in [-0.25, -0.2) is 4.79 Å². The van der Waals surface area contributed by atoms with Crippen LogP contribution in [0.15, 0.2) is 24.3 Å². The fraction of sp³-hybridized carbons (Fsp3) is 0.652. The molecule has 1 aromatic carbocycles. The van der Waals surface area contributed by atoms with Gasteiger partial charge < -0.3 is 10.1 Å². The number of hydrogen-bond acceptors (Lipinski definition) is 3. The van der Waals surface area contributed by atoms with Crippen molar-refractivity contribution in [1.82, 2.24) is 5.32 Å². The highest BCUT2D eigenvalue weighted by atomic mass is 16.6. The van der Waals surface area contributed by atoms with Gasteiger partial charge in [-0.2, -0.15) is 0 Å². The molecule has 1 N–H and O–H groups in total. The molecule has 2 atom stereocenters. The molecule has 1 aromatic rings. The van der Waals surface area contributed by atoms with Gasteiger partial charge in [-0.05, 0) is 87.2 Å². The normalized spacial score (nSPS) is 40.2. The van der Waals surface area contributed by atoms with Gasteiger partial charge in [0.05, 0.1) is 5.56 Å². The van der Waals surface area contributed by atoms with Gasteiger partial charge in [0.1, 0.15) is 0 Å². The molecule has 4 fully saturated rings. The number of ether oxygens (including phenoxy) is 1. The van der Waals surface area contributed by atoms with Crippen LogP contribution in [0.3, 0.4) is 0 Å². The summed E-state index contributed by atoms with van der Waals surface area (Å²) < 4.78 is 5.63. The van der Waals surface area contributed by atoms with Gasteiger partial charge in [0.2, 0.25) is 0 Å². The number of benzene rings is 1. The SMILES string of the molecule is C[C@H](NC(=O)[C@]1(C)Cc2ccccc2C(=O)O1)C12CC3CC(CC(C3)C1)C2. The zero-order valence-corrected chi connectivity index (χ0v) is 16.3. The number of esters is 1. The van der Waals surface area contributed by atoms with Crippen molar-refractivity contribution < 1.29 is 14.3 Å². The van der Waals surface area contributed by atoms with E-state index in [-0.39, 0.29) is 17.4 Å². The minimum Gasteiger partial charge on any atom is -0.445 e. The molecule has 1 heterocycles. The molecule has 4 saturated carbocycles. The smallest absolute Gasteiger partial charge is 0.339 e. The van der Waals surface area contributed by atoms with Crippen LogP contribution in [0.4, 0.5) is 0 Å². The summed E-state index contributed by atoms with van der Waals surface area (Å²) in [6.45, 7) is 3.93. The number of cyclic esters (lactones) is 1. The number of rotatable bonds is 3. The summed E-state index contributed by atoms with van der Waals surface area (Å²) in [4.78, 5) is 25.6. The molecular formula is C23H29NO3. The predicted octanol–water partition coefficient (Wildman–Crippen LogP) is 3.88. The Balaban J connectivity index is 1.34. The summed E-state index contributed by atoms with van der Waals surface area (Å²) >= 11 is 0. The van der Waals surface area contributed by atoms with Gasteiger partial charge in [-0.1, -0.05) is 18.2 Å². The van der Waals surface area contributed by atoms with Gasteiger partial charge in [0.25, 0.3) is 5.91 Å². The Morgan fingerprint density at radius 2 is 1.70 bits per heavy atom. The molecule has 0 spiro atoms. The molecule has 0 saturated heterocycles. The van der Waals surface area contributed by atoms with E-state index in [1.165, 1.54) is 38.5 Å². The number of carbonyl (C=O) groups excluding carboxylic acids is 2. The van der Waals surface area contributed by atoms with E-state index in [0.29, 0.717) is 12.0 Å². The first-order valence-corrected chi connectivity index (χ1v) is 10.5. The lowest BCUT2D eigenvalue weighted by Gasteiger charge is -2.59. The molecule has 144 valence electrons. The number of nitrogens with one attached hydrogen (secondary N) is 1. The van der Waals surface area contributed by atoms with E-state index >= 15 is 0 Å². The Bertz CT molecular complexity index is 765. The van der Waals surface area contributed by atoms with Gasteiger partial charge in [0, 0.05) is 12.5 Å².